The smallest absolute Gasteiger partial charge is 0.340 e. The predicted octanol–water partition coefficient (Wildman–Crippen LogP) is 3.04. The quantitative estimate of drug-likeness (QED) is 0.731. The summed E-state index contributed by atoms with van der Waals surface area (Å²) >= 11 is 0. The van der Waals surface area contributed by atoms with Gasteiger partial charge < -0.3 is 15.4 Å². The number of nitrogens with one attached hydrogen (secondary N) is 2. The van der Waals surface area contributed by atoms with Crippen LogP contribution in [-0.4, -0.2) is 35.4 Å². The van der Waals surface area contributed by atoms with Crippen LogP contribution >= 0.6 is 0 Å². The van der Waals surface area contributed by atoms with Crippen LogP contribution in [0.2, 0.25) is 0 Å². The van der Waals surface area contributed by atoms with Crippen molar-refractivity contribution in [3.05, 3.63) is 59.4 Å². The molecular weight excluding hydrogens is 346 g/mol. The number of carbonyl (C=O) groups is 3. The Kier molecular flexibility index (Phi) is 7.05. The lowest BCUT2D eigenvalue weighted by molar-refractivity contribution is 0.0527. The Hall–Kier alpha value is -3.22. The number of amides is 2. The lowest BCUT2D eigenvalue weighted by Crippen LogP contribution is -2.32. The molecule has 27 heavy (non-hydrogen) atoms. The summed E-state index contributed by atoms with van der Waals surface area (Å²) in [6.07, 6.45) is 0.788. The third-order valence-electron chi connectivity index (χ3n) is 3.87. The zero-order valence-electron chi connectivity index (χ0n) is 15.6. The van der Waals surface area contributed by atoms with Crippen molar-refractivity contribution in [1.29, 1.82) is 0 Å². The lowest BCUT2D eigenvalue weighted by Gasteiger charge is -2.12. The maximum atomic E-state index is 12.5. The van der Waals surface area contributed by atoms with Gasteiger partial charge in [-0.15, -0.1) is 0 Å². The number of carbonyl (C=O) groups excluding carboxylic acids is 3. The maximum Gasteiger partial charge on any atom is 0.340 e. The number of para-hydroxylation sites is 1. The van der Waals surface area contributed by atoms with Crippen molar-refractivity contribution in [3.8, 4) is 0 Å². The third-order valence-corrected chi connectivity index (χ3v) is 3.87. The van der Waals surface area contributed by atoms with E-state index in [9.17, 15) is 14.4 Å². The molecule has 142 valence electrons. The van der Waals surface area contributed by atoms with Gasteiger partial charge in [0.1, 0.15) is 11.4 Å². The van der Waals surface area contributed by atoms with Gasteiger partial charge >= 0.3 is 5.97 Å². The molecule has 1 atom stereocenters. The van der Waals surface area contributed by atoms with Gasteiger partial charge in [-0.1, -0.05) is 25.1 Å². The first-order valence-electron chi connectivity index (χ1n) is 8.81. The number of anilines is 1. The molecule has 0 fully saturated rings. The minimum absolute atomic E-state index is 0.00763. The number of pyridine rings is 1. The van der Waals surface area contributed by atoms with Gasteiger partial charge in [-0.2, -0.15) is 0 Å². The van der Waals surface area contributed by atoms with Gasteiger partial charge in [-0.05, 0) is 44.5 Å². The van der Waals surface area contributed by atoms with Gasteiger partial charge in [0.25, 0.3) is 11.8 Å². The summed E-state index contributed by atoms with van der Waals surface area (Å²) in [6.45, 7) is 5.79. The summed E-state index contributed by atoms with van der Waals surface area (Å²) in [6, 6.07) is 11.2. The minimum atomic E-state index is -0.525. The molecule has 1 aromatic heterocycles. The van der Waals surface area contributed by atoms with E-state index in [1.807, 2.05) is 13.8 Å². The number of rotatable bonds is 7. The maximum absolute atomic E-state index is 12.5. The second-order valence-corrected chi connectivity index (χ2v) is 5.91. The highest BCUT2D eigenvalue weighted by atomic mass is 16.5. The first-order chi connectivity index (χ1) is 13.0. The van der Waals surface area contributed by atoms with Gasteiger partial charge in [0.15, 0.2) is 0 Å². The van der Waals surface area contributed by atoms with E-state index in [1.165, 1.54) is 6.07 Å². The molecule has 7 nitrogen and oxygen atoms in total. The van der Waals surface area contributed by atoms with E-state index >= 15 is 0 Å². The van der Waals surface area contributed by atoms with Crippen LogP contribution in [0.25, 0.3) is 0 Å². The van der Waals surface area contributed by atoms with Gasteiger partial charge in [0.2, 0.25) is 0 Å². The van der Waals surface area contributed by atoms with Crippen molar-refractivity contribution in [1.82, 2.24) is 10.3 Å². The van der Waals surface area contributed by atoms with Gasteiger partial charge in [-0.3, -0.25) is 9.59 Å². The first kappa shape index (κ1) is 20.1. The Morgan fingerprint density at radius 3 is 2.33 bits per heavy atom. The minimum Gasteiger partial charge on any atom is -0.462 e. The van der Waals surface area contributed by atoms with Crippen molar-refractivity contribution in [2.45, 2.75) is 33.2 Å². The molecule has 0 aliphatic heterocycles. The van der Waals surface area contributed by atoms with Gasteiger partial charge in [-0.25, -0.2) is 9.78 Å². The predicted molar refractivity (Wildman–Crippen MR) is 102 cm³/mol. The van der Waals surface area contributed by atoms with Crippen molar-refractivity contribution in [2.24, 2.45) is 0 Å². The molecule has 1 aromatic carbocycles. The van der Waals surface area contributed by atoms with E-state index in [4.69, 9.17) is 4.74 Å². The Morgan fingerprint density at radius 1 is 1.00 bits per heavy atom. The highest BCUT2D eigenvalue weighted by Crippen LogP contribution is 2.17. The van der Waals surface area contributed by atoms with Gasteiger partial charge in [0.05, 0.1) is 17.9 Å². The Bertz CT molecular complexity index is 835. The number of aromatic nitrogens is 1. The zero-order chi connectivity index (χ0) is 19.8. The van der Waals surface area contributed by atoms with Gasteiger partial charge in [0, 0.05) is 6.04 Å². The number of ether oxygens (including phenoxy) is 1. The van der Waals surface area contributed by atoms with E-state index in [0.29, 0.717) is 5.69 Å². The van der Waals surface area contributed by atoms with Crippen LogP contribution in [0, 0.1) is 0 Å². The van der Waals surface area contributed by atoms with Crippen LogP contribution in [0.1, 0.15) is 58.5 Å². The summed E-state index contributed by atoms with van der Waals surface area (Å²) < 4.78 is 5.00. The molecule has 0 saturated heterocycles. The van der Waals surface area contributed by atoms with Crippen molar-refractivity contribution in [3.63, 3.8) is 0 Å². The highest BCUT2D eigenvalue weighted by Gasteiger charge is 2.17. The molecule has 0 saturated carbocycles. The molecule has 0 aliphatic carbocycles. The molecule has 0 spiro atoms. The average Bonchev–Trinajstić information content (AvgIpc) is 2.68. The highest BCUT2D eigenvalue weighted by molar-refractivity contribution is 6.07. The van der Waals surface area contributed by atoms with Crippen LogP contribution in [0.4, 0.5) is 5.69 Å². The molecular formula is C20H23N3O4. The topological polar surface area (TPSA) is 97.4 Å². The normalized spacial score (nSPS) is 11.4. The Balaban J connectivity index is 2.19. The fourth-order valence-corrected chi connectivity index (χ4v) is 2.25. The number of hydrogen-bond acceptors (Lipinski definition) is 5. The summed E-state index contributed by atoms with van der Waals surface area (Å²) in [4.78, 5) is 40.9. The summed E-state index contributed by atoms with van der Waals surface area (Å²) in [5.74, 6) is -1.39. The molecule has 2 N–H and O–H groups in total. The standard InChI is InChI=1S/C20H23N3O4/c1-4-13(3)21-18(24)16-11-8-12-17(22-16)19(25)23-15-10-7-6-9-14(15)20(26)27-5-2/h6-13H,4-5H2,1-3H3,(H,21,24)(H,23,25). The fraction of sp³-hybridized carbons (Fsp3) is 0.300. The van der Waals surface area contributed by atoms with Crippen LogP contribution in [0.3, 0.4) is 0 Å². The molecule has 0 bridgehead atoms. The number of hydrogen-bond donors (Lipinski definition) is 2. The molecule has 2 aromatic rings. The SMILES string of the molecule is CCOC(=O)c1ccccc1NC(=O)c1cccc(C(=O)NC(C)CC)n1. The summed E-state index contributed by atoms with van der Waals surface area (Å²) in [7, 11) is 0. The third kappa shape index (κ3) is 5.37. The van der Waals surface area contributed by atoms with E-state index < -0.39 is 11.9 Å². The van der Waals surface area contributed by atoms with E-state index in [2.05, 4.69) is 15.6 Å². The summed E-state index contributed by atoms with van der Waals surface area (Å²) in [5, 5.41) is 5.46. The molecule has 7 heteroatoms. The van der Waals surface area contributed by atoms with E-state index in [0.717, 1.165) is 6.42 Å². The monoisotopic (exact) mass is 369 g/mol. The zero-order valence-corrected chi connectivity index (χ0v) is 15.6. The largest absolute Gasteiger partial charge is 0.462 e. The Labute approximate surface area is 158 Å². The van der Waals surface area contributed by atoms with Crippen LogP contribution in [0.15, 0.2) is 42.5 Å². The Morgan fingerprint density at radius 2 is 1.67 bits per heavy atom. The van der Waals surface area contributed by atoms with E-state index in [1.54, 1.807) is 43.3 Å². The number of esters is 1. The van der Waals surface area contributed by atoms with Crippen LogP contribution < -0.4 is 10.6 Å². The van der Waals surface area contributed by atoms with E-state index in [-0.39, 0.29) is 35.5 Å². The van der Waals surface area contributed by atoms with Crippen LogP contribution in [-0.2, 0) is 4.74 Å². The number of benzene rings is 1. The van der Waals surface area contributed by atoms with Crippen molar-refractivity contribution >= 4 is 23.5 Å². The number of nitrogens with zero attached hydrogens (tertiary/aromatic N) is 1. The molecule has 0 radical (unpaired) electrons. The first-order valence-corrected chi connectivity index (χ1v) is 8.81. The molecule has 2 amide bonds. The molecule has 1 unspecified atom stereocenters. The van der Waals surface area contributed by atoms with Crippen LogP contribution in [0.5, 0.6) is 0 Å². The summed E-state index contributed by atoms with van der Waals surface area (Å²) in [5.41, 5.74) is 0.794. The second-order valence-electron chi connectivity index (χ2n) is 5.91. The fourth-order valence-electron chi connectivity index (χ4n) is 2.25. The molecule has 2 rings (SSSR count). The van der Waals surface area contributed by atoms with Crippen molar-refractivity contribution in [2.75, 3.05) is 11.9 Å². The lowest BCUT2D eigenvalue weighted by atomic mass is 10.1. The average molecular weight is 369 g/mol. The molecule has 0 aliphatic rings. The second kappa shape index (κ2) is 9.47. The molecule has 1 heterocycles. The van der Waals surface area contributed by atoms with Crippen molar-refractivity contribution < 1.29 is 19.1 Å².